The quantitative estimate of drug-likeness (QED) is 0.791. The molecule has 68 valence electrons. The number of nitrogens with zero attached hydrogens (tertiary/aromatic N) is 3. The van der Waals surface area contributed by atoms with Gasteiger partial charge in [-0.3, -0.25) is 4.98 Å². The highest BCUT2D eigenvalue weighted by molar-refractivity contribution is 7.09. The topological polar surface area (TPSA) is 50.9 Å². The predicted molar refractivity (Wildman–Crippen MR) is 49.4 cm³/mol. The number of imidazole rings is 1. The predicted octanol–water partition coefficient (Wildman–Crippen LogP) is 0.880. The number of thiazole rings is 1. The van der Waals surface area contributed by atoms with Crippen molar-refractivity contribution in [2.24, 2.45) is 0 Å². The van der Waals surface area contributed by atoms with Crippen LogP contribution in [0, 0.1) is 0 Å². The highest BCUT2D eigenvalue weighted by Gasteiger charge is 2.01. The molecular formula is C8H9N3OS. The van der Waals surface area contributed by atoms with Crippen LogP contribution in [0.15, 0.2) is 24.2 Å². The summed E-state index contributed by atoms with van der Waals surface area (Å²) in [5, 5.41) is 8.96. The summed E-state index contributed by atoms with van der Waals surface area (Å²) in [5.74, 6) is 0. The number of hydrogen-bond donors (Lipinski definition) is 1. The maximum absolute atomic E-state index is 8.96. The fourth-order valence-corrected chi connectivity index (χ4v) is 1.70. The number of hydrogen-bond acceptors (Lipinski definition) is 4. The lowest BCUT2D eigenvalue weighted by Crippen LogP contribution is -2.01. The van der Waals surface area contributed by atoms with Crippen molar-refractivity contribution in [1.29, 1.82) is 0 Å². The van der Waals surface area contributed by atoms with Gasteiger partial charge in [0.25, 0.3) is 0 Å². The summed E-state index contributed by atoms with van der Waals surface area (Å²) in [4.78, 5) is 9.10. The van der Waals surface area contributed by atoms with Gasteiger partial charge in [0.15, 0.2) is 0 Å². The Labute approximate surface area is 79.5 Å². The second kappa shape index (κ2) is 3.68. The first-order valence-corrected chi connectivity index (χ1v) is 4.75. The molecule has 0 unspecified atom stereocenters. The summed E-state index contributed by atoms with van der Waals surface area (Å²) in [7, 11) is 0. The molecule has 2 aromatic heterocycles. The highest BCUT2D eigenvalue weighted by atomic mass is 32.1. The van der Waals surface area contributed by atoms with E-state index in [1.54, 1.807) is 29.4 Å². The van der Waals surface area contributed by atoms with Gasteiger partial charge in [-0.1, -0.05) is 0 Å². The van der Waals surface area contributed by atoms with Gasteiger partial charge in [-0.2, -0.15) is 0 Å². The minimum Gasteiger partial charge on any atom is -0.390 e. The largest absolute Gasteiger partial charge is 0.390 e. The Hall–Kier alpha value is -1.20. The third kappa shape index (κ3) is 1.76. The molecule has 0 saturated heterocycles. The molecule has 1 N–H and O–H groups in total. The van der Waals surface area contributed by atoms with Crippen LogP contribution in [0.3, 0.4) is 0 Å². The van der Waals surface area contributed by atoms with Crippen molar-refractivity contribution in [3.05, 3.63) is 34.8 Å². The molecule has 0 aliphatic heterocycles. The molecule has 0 aliphatic rings. The average Bonchev–Trinajstić information content (AvgIpc) is 2.76. The van der Waals surface area contributed by atoms with Gasteiger partial charge in [0, 0.05) is 11.1 Å². The van der Waals surface area contributed by atoms with Crippen LogP contribution in [0.4, 0.5) is 0 Å². The standard InChI is InChI=1S/C8H9N3OS/c12-4-7-1-9-5-11(7)3-8-2-10-6-13-8/h1-2,5-6,12H,3-4H2. The number of aliphatic hydroxyl groups excluding tert-OH is 1. The first kappa shape index (κ1) is 8.40. The normalized spacial score (nSPS) is 10.5. The zero-order chi connectivity index (χ0) is 9.10. The molecule has 0 saturated carbocycles. The van der Waals surface area contributed by atoms with Crippen LogP contribution in [0.5, 0.6) is 0 Å². The van der Waals surface area contributed by atoms with E-state index in [9.17, 15) is 0 Å². The van der Waals surface area contributed by atoms with Crippen LogP contribution >= 0.6 is 11.3 Å². The Morgan fingerprint density at radius 2 is 2.31 bits per heavy atom. The van der Waals surface area contributed by atoms with Gasteiger partial charge in [0.1, 0.15) is 0 Å². The summed E-state index contributed by atoms with van der Waals surface area (Å²) < 4.78 is 1.91. The van der Waals surface area contributed by atoms with Gasteiger partial charge >= 0.3 is 0 Å². The second-order valence-electron chi connectivity index (χ2n) is 2.64. The van der Waals surface area contributed by atoms with Gasteiger partial charge in [0.05, 0.1) is 36.9 Å². The Balaban J connectivity index is 2.18. The van der Waals surface area contributed by atoms with E-state index in [0.29, 0.717) is 0 Å². The molecule has 0 spiro atoms. The van der Waals surface area contributed by atoms with E-state index in [0.717, 1.165) is 17.1 Å². The van der Waals surface area contributed by atoms with Crippen LogP contribution in [0.1, 0.15) is 10.6 Å². The van der Waals surface area contributed by atoms with E-state index in [4.69, 9.17) is 5.11 Å². The fourth-order valence-electron chi connectivity index (χ4n) is 1.11. The van der Waals surface area contributed by atoms with Crippen LogP contribution < -0.4 is 0 Å². The molecule has 2 rings (SSSR count). The Morgan fingerprint density at radius 1 is 1.38 bits per heavy atom. The molecule has 0 aliphatic carbocycles. The lowest BCUT2D eigenvalue weighted by atomic mass is 10.4. The lowest BCUT2D eigenvalue weighted by Gasteiger charge is -2.02. The Bertz CT molecular complexity index is 368. The SMILES string of the molecule is OCc1cncn1Cc1cncs1. The molecule has 0 atom stereocenters. The first-order chi connectivity index (χ1) is 6.40. The molecule has 0 bridgehead atoms. The summed E-state index contributed by atoms with van der Waals surface area (Å²) >= 11 is 1.60. The number of rotatable bonds is 3. The maximum Gasteiger partial charge on any atom is 0.0952 e. The van der Waals surface area contributed by atoms with Gasteiger partial charge in [-0.15, -0.1) is 11.3 Å². The van der Waals surface area contributed by atoms with E-state index in [2.05, 4.69) is 9.97 Å². The molecule has 4 nitrogen and oxygen atoms in total. The van der Waals surface area contributed by atoms with Crippen LogP contribution in [-0.4, -0.2) is 19.6 Å². The molecule has 0 amide bonds. The van der Waals surface area contributed by atoms with E-state index in [1.807, 2.05) is 10.8 Å². The van der Waals surface area contributed by atoms with Crippen LogP contribution in [0.2, 0.25) is 0 Å². The average molecular weight is 195 g/mol. The molecule has 2 heterocycles. The molecule has 13 heavy (non-hydrogen) atoms. The number of aliphatic hydroxyl groups is 1. The summed E-state index contributed by atoms with van der Waals surface area (Å²) in [6, 6.07) is 0. The summed E-state index contributed by atoms with van der Waals surface area (Å²) in [6.07, 6.45) is 5.21. The molecule has 2 aromatic rings. The van der Waals surface area contributed by atoms with Crippen LogP contribution in [-0.2, 0) is 13.2 Å². The second-order valence-corrected chi connectivity index (χ2v) is 3.61. The third-order valence-electron chi connectivity index (χ3n) is 1.77. The van der Waals surface area contributed by atoms with Crippen LogP contribution in [0.25, 0.3) is 0 Å². The smallest absolute Gasteiger partial charge is 0.0952 e. The summed E-state index contributed by atoms with van der Waals surface area (Å²) in [6.45, 7) is 0.763. The maximum atomic E-state index is 8.96. The number of aromatic nitrogens is 3. The summed E-state index contributed by atoms with van der Waals surface area (Å²) in [5.41, 5.74) is 2.62. The van der Waals surface area contributed by atoms with Crippen molar-refractivity contribution >= 4 is 11.3 Å². The van der Waals surface area contributed by atoms with Gasteiger partial charge in [-0.05, 0) is 0 Å². The Kier molecular flexibility index (Phi) is 2.37. The van der Waals surface area contributed by atoms with Crippen molar-refractivity contribution < 1.29 is 5.11 Å². The minimum absolute atomic E-state index is 0.0266. The third-order valence-corrected chi connectivity index (χ3v) is 2.53. The fraction of sp³-hybridized carbons (Fsp3) is 0.250. The first-order valence-electron chi connectivity index (χ1n) is 3.87. The van der Waals surface area contributed by atoms with E-state index >= 15 is 0 Å². The molecule has 5 heteroatoms. The molecule has 0 aromatic carbocycles. The van der Waals surface area contributed by atoms with Crippen molar-refractivity contribution in [1.82, 2.24) is 14.5 Å². The van der Waals surface area contributed by atoms with Gasteiger partial charge in [0.2, 0.25) is 0 Å². The van der Waals surface area contributed by atoms with Gasteiger partial charge in [-0.25, -0.2) is 4.98 Å². The molecule has 0 radical (unpaired) electrons. The van der Waals surface area contributed by atoms with E-state index in [-0.39, 0.29) is 6.61 Å². The van der Waals surface area contributed by atoms with Crippen molar-refractivity contribution in [2.45, 2.75) is 13.2 Å². The van der Waals surface area contributed by atoms with Crippen molar-refractivity contribution in [2.75, 3.05) is 0 Å². The van der Waals surface area contributed by atoms with Gasteiger partial charge < -0.3 is 9.67 Å². The van der Waals surface area contributed by atoms with Crippen molar-refractivity contribution in [3.8, 4) is 0 Å². The lowest BCUT2D eigenvalue weighted by molar-refractivity contribution is 0.271. The van der Waals surface area contributed by atoms with E-state index in [1.165, 1.54) is 0 Å². The van der Waals surface area contributed by atoms with Crippen molar-refractivity contribution in [3.63, 3.8) is 0 Å². The zero-order valence-electron chi connectivity index (χ0n) is 6.92. The zero-order valence-corrected chi connectivity index (χ0v) is 7.74. The Morgan fingerprint density at radius 3 is 3.00 bits per heavy atom. The molecular weight excluding hydrogens is 186 g/mol. The highest BCUT2D eigenvalue weighted by Crippen LogP contribution is 2.09. The van der Waals surface area contributed by atoms with E-state index < -0.39 is 0 Å². The minimum atomic E-state index is 0.0266. The monoisotopic (exact) mass is 195 g/mol. The molecule has 0 fully saturated rings.